The van der Waals surface area contributed by atoms with E-state index in [2.05, 4.69) is 0 Å². The number of halogens is 1. The monoisotopic (exact) mass is 149 g/mol. The summed E-state index contributed by atoms with van der Waals surface area (Å²) in [5, 5.41) is 0. The highest BCUT2D eigenvalue weighted by Gasteiger charge is 2.41. The van der Waals surface area contributed by atoms with Gasteiger partial charge in [-0.3, -0.25) is 0 Å². The molecule has 0 amide bonds. The smallest absolute Gasteiger partial charge is 0.106 e. The second-order valence-electron chi connectivity index (χ2n) is 2.68. The molecule has 1 aliphatic heterocycles. The Kier molecular flexibility index (Phi) is 2.01. The number of hydrogen-bond acceptors (Lipinski definition) is 2. The molecule has 0 aliphatic carbocycles. The molecule has 1 saturated heterocycles. The normalized spacial score (nSPS) is 27.0. The molecule has 1 rings (SSSR count). The maximum Gasteiger partial charge on any atom is 0.106 e. The van der Waals surface area contributed by atoms with Gasteiger partial charge in [0, 0.05) is 23.5 Å². The molecule has 0 spiro atoms. The summed E-state index contributed by atoms with van der Waals surface area (Å²) in [6.45, 7) is 2.10. The molecule has 2 N–H and O–H groups in total. The summed E-state index contributed by atoms with van der Waals surface area (Å²) in [5.74, 6) is 1.81. The average molecular weight is 149 g/mol. The minimum atomic E-state index is -0.733. The number of alkyl halides is 1. The lowest BCUT2D eigenvalue weighted by Crippen LogP contribution is -2.48. The summed E-state index contributed by atoms with van der Waals surface area (Å²) in [7, 11) is 0. The van der Waals surface area contributed by atoms with Gasteiger partial charge in [-0.1, -0.05) is 0 Å². The molecule has 9 heavy (non-hydrogen) atoms. The van der Waals surface area contributed by atoms with Gasteiger partial charge in [0.05, 0.1) is 0 Å². The van der Waals surface area contributed by atoms with Crippen molar-refractivity contribution in [3.8, 4) is 0 Å². The van der Waals surface area contributed by atoms with E-state index in [9.17, 15) is 4.39 Å². The second kappa shape index (κ2) is 2.46. The van der Waals surface area contributed by atoms with Crippen LogP contribution in [-0.4, -0.2) is 24.2 Å². The van der Waals surface area contributed by atoms with Crippen LogP contribution in [0.1, 0.15) is 6.92 Å². The van der Waals surface area contributed by atoms with Gasteiger partial charge in [-0.05, 0) is 6.92 Å². The summed E-state index contributed by atoms with van der Waals surface area (Å²) >= 11 is 1.78. The van der Waals surface area contributed by atoms with Gasteiger partial charge in [0.2, 0.25) is 0 Å². The van der Waals surface area contributed by atoms with Gasteiger partial charge >= 0.3 is 0 Å². The maximum absolute atomic E-state index is 12.7. The SMILES string of the molecule is CC(F)C1(CN)CSC1. The van der Waals surface area contributed by atoms with Crippen molar-refractivity contribution >= 4 is 11.8 Å². The number of rotatable bonds is 2. The van der Waals surface area contributed by atoms with Gasteiger partial charge in [0.25, 0.3) is 0 Å². The van der Waals surface area contributed by atoms with E-state index in [1.807, 2.05) is 0 Å². The molecular weight excluding hydrogens is 137 g/mol. The first kappa shape index (κ1) is 7.35. The zero-order valence-corrected chi connectivity index (χ0v) is 6.38. The van der Waals surface area contributed by atoms with Crippen LogP contribution in [0.2, 0.25) is 0 Å². The molecule has 1 unspecified atom stereocenters. The fourth-order valence-corrected chi connectivity index (χ4v) is 2.30. The Morgan fingerprint density at radius 2 is 2.33 bits per heavy atom. The molecule has 0 aromatic carbocycles. The van der Waals surface area contributed by atoms with E-state index in [0.717, 1.165) is 11.5 Å². The van der Waals surface area contributed by atoms with Crippen molar-refractivity contribution in [2.75, 3.05) is 18.1 Å². The van der Waals surface area contributed by atoms with Gasteiger partial charge in [0.15, 0.2) is 0 Å². The van der Waals surface area contributed by atoms with Gasteiger partial charge < -0.3 is 5.73 Å². The number of hydrogen-bond donors (Lipinski definition) is 1. The Labute approximate surface area is 59.2 Å². The molecule has 0 aromatic heterocycles. The molecule has 54 valence electrons. The Bertz CT molecular complexity index is 95.7. The van der Waals surface area contributed by atoms with Crippen LogP contribution in [0.4, 0.5) is 4.39 Å². The lowest BCUT2D eigenvalue weighted by molar-refractivity contribution is 0.167. The number of nitrogens with two attached hydrogens (primary N) is 1. The highest BCUT2D eigenvalue weighted by Crippen LogP contribution is 2.41. The van der Waals surface area contributed by atoms with E-state index in [1.165, 1.54) is 0 Å². The summed E-state index contributed by atoms with van der Waals surface area (Å²) in [5.41, 5.74) is 5.25. The molecule has 0 aromatic rings. The summed E-state index contributed by atoms with van der Waals surface area (Å²) < 4.78 is 12.7. The quantitative estimate of drug-likeness (QED) is 0.634. The summed E-state index contributed by atoms with van der Waals surface area (Å²) in [6.07, 6.45) is -0.733. The lowest BCUT2D eigenvalue weighted by atomic mass is 9.87. The van der Waals surface area contributed by atoms with Crippen molar-refractivity contribution in [2.24, 2.45) is 11.1 Å². The Balaban J connectivity index is 2.46. The van der Waals surface area contributed by atoms with E-state index in [0.29, 0.717) is 6.54 Å². The van der Waals surface area contributed by atoms with Crippen LogP contribution in [0.25, 0.3) is 0 Å². The maximum atomic E-state index is 12.7. The third kappa shape index (κ3) is 1.08. The standard InChI is InChI=1S/C6H12FNS/c1-5(7)6(2-8)3-9-4-6/h5H,2-4,8H2,1H3. The Morgan fingerprint density at radius 3 is 2.33 bits per heavy atom. The van der Waals surface area contributed by atoms with Crippen LogP contribution < -0.4 is 5.73 Å². The van der Waals surface area contributed by atoms with Crippen LogP contribution in [0.5, 0.6) is 0 Å². The van der Waals surface area contributed by atoms with Gasteiger partial charge in [0.1, 0.15) is 6.17 Å². The van der Waals surface area contributed by atoms with E-state index >= 15 is 0 Å². The van der Waals surface area contributed by atoms with Crippen molar-refractivity contribution < 1.29 is 4.39 Å². The first-order chi connectivity index (χ1) is 4.21. The zero-order valence-electron chi connectivity index (χ0n) is 5.56. The van der Waals surface area contributed by atoms with Gasteiger partial charge in [-0.2, -0.15) is 11.8 Å². The van der Waals surface area contributed by atoms with Gasteiger partial charge in [-0.15, -0.1) is 0 Å². The van der Waals surface area contributed by atoms with E-state index < -0.39 is 6.17 Å². The predicted molar refractivity (Wildman–Crippen MR) is 39.4 cm³/mol. The second-order valence-corrected chi connectivity index (χ2v) is 3.66. The molecule has 1 aliphatic rings. The largest absolute Gasteiger partial charge is 0.330 e. The van der Waals surface area contributed by atoms with E-state index in [4.69, 9.17) is 5.73 Å². The van der Waals surface area contributed by atoms with Crippen LogP contribution >= 0.6 is 11.8 Å². The van der Waals surface area contributed by atoms with Crippen molar-refractivity contribution in [1.82, 2.24) is 0 Å². The lowest BCUT2D eigenvalue weighted by Gasteiger charge is -2.41. The van der Waals surface area contributed by atoms with E-state index in [1.54, 1.807) is 18.7 Å². The molecule has 0 saturated carbocycles. The van der Waals surface area contributed by atoms with Crippen LogP contribution in [0, 0.1) is 5.41 Å². The van der Waals surface area contributed by atoms with Crippen molar-refractivity contribution in [3.05, 3.63) is 0 Å². The third-order valence-electron chi connectivity index (χ3n) is 2.03. The topological polar surface area (TPSA) is 26.0 Å². The Morgan fingerprint density at radius 1 is 1.78 bits per heavy atom. The molecule has 1 fully saturated rings. The van der Waals surface area contributed by atoms with Crippen LogP contribution in [0.3, 0.4) is 0 Å². The highest BCUT2D eigenvalue weighted by molar-refractivity contribution is 8.00. The molecular formula is C6H12FNS. The van der Waals surface area contributed by atoms with Crippen molar-refractivity contribution in [1.29, 1.82) is 0 Å². The molecule has 1 heterocycles. The minimum Gasteiger partial charge on any atom is -0.330 e. The molecule has 0 bridgehead atoms. The first-order valence-electron chi connectivity index (χ1n) is 3.13. The molecule has 1 atom stereocenters. The summed E-state index contributed by atoms with van der Waals surface area (Å²) in [6, 6.07) is 0. The molecule has 1 nitrogen and oxygen atoms in total. The highest BCUT2D eigenvalue weighted by atomic mass is 32.2. The van der Waals surface area contributed by atoms with Crippen molar-refractivity contribution in [3.63, 3.8) is 0 Å². The fraction of sp³-hybridized carbons (Fsp3) is 1.00. The zero-order chi connectivity index (χ0) is 6.91. The third-order valence-corrected chi connectivity index (χ3v) is 3.59. The average Bonchev–Trinajstić information content (AvgIpc) is 1.62. The minimum absolute atomic E-state index is 0.162. The summed E-state index contributed by atoms with van der Waals surface area (Å²) in [4.78, 5) is 0. The van der Waals surface area contributed by atoms with Gasteiger partial charge in [-0.25, -0.2) is 4.39 Å². The molecule has 3 heteroatoms. The first-order valence-corrected chi connectivity index (χ1v) is 4.29. The number of thioether (sulfide) groups is 1. The van der Waals surface area contributed by atoms with E-state index in [-0.39, 0.29) is 5.41 Å². The molecule has 0 radical (unpaired) electrons. The Hall–Kier alpha value is 0.240. The van der Waals surface area contributed by atoms with Crippen LogP contribution in [-0.2, 0) is 0 Å². The van der Waals surface area contributed by atoms with Crippen molar-refractivity contribution in [2.45, 2.75) is 13.1 Å². The fourth-order valence-electron chi connectivity index (χ4n) is 0.874. The predicted octanol–water partition coefficient (Wildman–Crippen LogP) is 1.04. The van der Waals surface area contributed by atoms with Crippen LogP contribution in [0.15, 0.2) is 0 Å².